The van der Waals surface area contributed by atoms with Gasteiger partial charge in [-0.3, -0.25) is 9.59 Å². The van der Waals surface area contributed by atoms with Crippen molar-refractivity contribution in [2.45, 2.75) is 25.4 Å². The summed E-state index contributed by atoms with van der Waals surface area (Å²) in [5, 5.41) is 8.72. The van der Waals surface area contributed by atoms with E-state index in [1.54, 1.807) is 0 Å². The minimum absolute atomic E-state index is 0.0257. The van der Waals surface area contributed by atoms with Crippen LogP contribution in [-0.2, 0) is 9.59 Å². The Bertz CT molecular complexity index is 290. The van der Waals surface area contributed by atoms with Crippen molar-refractivity contribution in [1.82, 2.24) is 4.90 Å². The maximum atomic E-state index is 12.1. The lowest BCUT2D eigenvalue weighted by Crippen LogP contribution is -2.41. The minimum Gasteiger partial charge on any atom is -0.481 e. The molecule has 1 aliphatic rings. The first-order chi connectivity index (χ1) is 7.32. The third-order valence-electron chi connectivity index (χ3n) is 2.61. The monoisotopic (exact) mass is 239 g/mol. The van der Waals surface area contributed by atoms with Gasteiger partial charge in [0.2, 0.25) is 0 Å². The van der Waals surface area contributed by atoms with E-state index < -0.39 is 24.0 Å². The van der Waals surface area contributed by atoms with Crippen molar-refractivity contribution in [2.75, 3.05) is 13.1 Å². The van der Waals surface area contributed by atoms with Gasteiger partial charge in [0.15, 0.2) is 0 Å². The lowest BCUT2D eigenvalue weighted by atomic mass is 10.0. The molecule has 1 amide bonds. The molecule has 1 saturated heterocycles. The normalized spacial score (nSPS) is 22.7. The molecule has 0 spiro atoms. The Morgan fingerprint density at radius 1 is 1.19 bits per heavy atom. The van der Waals surface area contributed by atoms with Crippen molar-refractivity contribution < 1.29 is 27.9 Å². The zero-order valence-corrected chi connectivity index (χ0v) is 8.46. The van der Waals surface area contributed by atoms with E-state index in [1.165, 1.54) is 0 Å². The molecule has 0 radical (unpaired) electrons. The summed E-state index contributed by atoms with van der Waals surface area (Å²) in [5.41, 5.74) is 0. The molecule has 1 aliphatic heterocycles. The van der Waals surface area contributed by atoms with Gasteiger partial charge in [0.1, 0.15) is 0 Å². The summed E-state index contributed by atoms with van der Waals surface area (Å²) in [4.78, 5) is 22.2. The van der Waals surface area contributed by atoms with Crippen molar-refractivity contribution in [3.8, 4) is 0 Å². The Labute approximate surface area is 90.0 Å². The summed E-state index contributed by atoms with van der Waals surface area (Å²) in [6, 6.07) is 0. The molecule has 7 heteroatoms. The zero-order valence-electron chi connectivity index (χ0n) is 8.46. The number of nitrogens with zero attached hydrogens (tertiary/aromatic N) is 1. The smallest absolute Gasteiger partial charge is 0.471 e. The molecule has 1 N–H and O–H groups in total. The molecular weight excluding hydrogens is 227 g/mol. The van der Waals surface area contributed by atoms with Crippen LogP contribution in [0.4, 0.5) is 13.2 Å². The number of carboxylic acid groups (broad SMARTS) is 1. The van der Waals surface area contributed by atoms with Gasteiger partial charge in [0.25, 0.3) is 0 Å². The van der Waals surface area contributed by atoms with Gasteiger partial charge in [-0.2, -0.15) is 13.2 Å². The van der Waals surface area contributed by atoms with Gasteiger partial charge in [-0.05, 0) is 19.3 Å². The summed E-state index contributed by atoms with van der Waals surface area (Å²) in [5.74, 6) is -3.54. The van der Waals surface area contributed by atoms with Crippen LogP contribution in [-0.4, -0.2) is 41.1 Å². The van der Waals surface area contributed by atoms with Crippen LogP contribution in [0.25, 0.3) is 0 Å². The van der Waals surface area contributed by atoms with Gasteiger partial charge in [0, 0.05) is 13.1 Å². The molecule has 1 heterocycles. The maximum Gasteiger partial charge on any atom is 0.471 e. The molecule has 0 aromatic heterocycles. The van der Waals surface area contributed by atoms with E-state index >= 15 is 0 Å². The fraction of sp³-hybridized carbons (Fsp3) is 0.778. The number of amides is 1. The number of likely N-dealkylation sites (tertiary alicyclic amines) is 1. The van der Waals surface area contributed by atoms with E-state index in [4.69, 9.17) is 5.11 Å². The van der Waals surface area contributed by atoms with Gasteiger partial charge in [-0.15, -0.1) is 0 Å². The van der Waals surface area contributed by atoms with Crippen LogP contribution >= 0.6 is 0 Å². The summed E-state index contributed by atoms with van der Waals surface area (Å²) >= 11 is 0. The average molecular weight is 239 g/mol. The summed E-state index contributed by atoms with van der Waals surface area (Å²) in [7, 11) is 0. The Hall–Kier alpha value is -1.27. The second kappa shape index (κ2) is 4.71. The second-order valence-electron chi connectivity index (χ2n) is 3.76. The molecule has 4 nitrogen and oxygen atoms in total. The highest BCUT2D eigenvalue weighted by atomic mass is 19.4. The van der Waals surface area contributed by atoms with E-state index in [9.17, 15) is 22.8 Å². The SMILES string of the molecule is O=C(O)C1CCCN(C(=O)C(F)(F)F)CC1. The first-order valence-corrected chi connectivity index (χ1v) is 4.91. The molecule has 1 atom stereocenters. The summed E-state index contributed by atoms with van der Waals surface area (Å²) in [6.45, 7) is -0.169. The Kier molecular flexibility index (Phi) is 3.77. The average Bonchev–Trinajstić information content (AvgIpc) is 2.39. The number of alkyl halides is 3. The highest BCUT2D eigenvalue weighted by Crippen LogP contribution is 2.23. The van der Waals surface area contributed by atoms with Gasteiger partial charge in [-0.1, -0.05) is 0 Å². The van der Waals surface area contributed by atoms with E-state index in [2.05, 4.69) is 0 Å². The molecule has 92 valence electrons. The molecule has 0 aliphatic carbocycles. The quantitative estimate of drug-likeness (QED) is 0.749. The Balaban J connectivity index is 2.60. The van der Waals surface area contributed by atoms with Crippen LogP contribution in [0.5, 0.6) is 0 Å². The largest absolute Gasteiger partial charge is 0.481 e. The fourth-order valence-electron chi connectivity index (χ4n) is 1.73. The molecule has 0 aromatic rings. The Morgan fingerprint density at radius 2 is 1.81 bits per heavy atom. The van der Waals surface area contributed by atoms with Crippen molar-refractivity contribution in [3.05, 3.63) is 0 Å². The third kappa shape index (κ3) is 3.11. The van der Waals surface area contributed by atoms with Crippen LogP contribution in [0.3, 0.4) is 0 Å². The number of hydrogen-bond acceptors (Lipinski definition) is 2. The number of carbonyl (C=O) groups excluding carboxylic acids is 1. The maximum absolute atomic E-state index is 12.1. The highest BCUT2D eigenvalue weighted by molar-refractivity contribution is 5.82. The van der Waals surface area contributed by atoms with Crippen molar-refractivity contribution in [3.63, 3.8) is 0 Å². The molecule has 1 fully saturated rings. The minimum atomic E-state index is -4.87. The van der Waals surface area contributed by atoms with E-state index in [0.29, 0.717) is 17.7 Å². The number of rotatable bonds is 1. The predicted molar refractivity (Wildman–Crippen MR) is 47.6 cm³/mol. The number of halogens is 3. The summed E-state index contributed by atoms with van der Waals surface area (Å²) in [6.07, 6.45) is -4.18. The van der Waals surface area contributed by atoms with Crippen LogP contribution < -0.4 is 0 Å². The second-order valence-corrected chi connectivity index (χ2v) is 3.76. The molecule has 0 saturated carbocycles. The fourth-order valence-corrected chi connectivity index (χ4v) is 1.73. The zero-order chi connectivity index (χ0) is 12.3. The molecular formula is C9H12F3NO3. The lowest BCUT2D eigenvalue weighted by molar-refractivity contribution is -0.185. The van der Waals surface area contributed by atoms with Crippen LogP contribution in [0, 0.1) is 5.92 Å². The van der Waals surface area contributed by atoms with Gasteiger partial charge < -0.3 is 10.0 Å². The first kappa shape index (κ1) is 12.8. The van der Waals surface area contributed by atoms with Crippen LogP contribution in [0.2, 0.25) is 0 Å². The topological polar surface area (TPSA) is 57.6 Å². The Morgan fingerprint density at radius 3 is 2.31 bits per heavy atom. The van der Waals surface area contributed by atoms with Gasteiger partial charge in [0.05, 0.1) is 5.92 Å². The highest BCUT2D eigenvalue weighted by Gasteiger charge is 2.42. The first-order valence-electron chi connectivity index (χ1n) is 4.91. The van der Waals surface area contributed by atoms with Gasteiger partial charge in [-0.25, -0.2) is 0 Å². The molecule has 0 aromatic carbocycles. The number of carboxylic acids is 1. The van der Waals surface area contributed by atoms with Crippen molar-refractivity contribution >= 4 is 11.9 Å². The van der Waals surface area contributed by atoms with Crippen molar-refractivity contribution in [2.24, 2.45) is 5.92 Å². The third-order valence-corrected chi connectivity index (χ3v) is 2.61. The van der Waals surface area contributed by atoms with Crippen molar-refractivity contribution in [1.29, 1.82) is 0 Å². The lowest BCUT2D eigenvalue weighted by Gasteiger charge is -2.21. The predicted octanol–water partition coefficient (Wildman–Crippen LogP) is 1.26. The standard InChI is InChI=1S/C9H12F3NO3/c10-9(11,12)8(16)13-4-1-2-6(3-5-13)7(14)15/h6H,1-5H2,(H,14,15). The number of hydrogen-bond donors (Lipinski definition) is 1. The summed E-state index contributed by atoms with van der Waals surface area (Å²) < 4.78 is 36.3. The molecule has 16 heavy (non-hydrogen) atoms. The molecule has 0 bridgehead atoms. The van der Waals surface area contributed by atoms with Gasteiger partial charge >= 0.3 is 18.1 Å². The molecule has 1 rings (SSSR count). The van der Waals surface area contributed by atoms with E-state index in [0.717, 1.165) is 0 Å². The van der Waals surface area contributed by atoms with E-state index in [-0.39, 0.29) is 19.5 Å². The number of aliphatic carboxylic acids is 1. The van der Waals surface area contributed by atoms with Crippen LogP contribution in [0.15, 0.2) is 0 Å². The van der Waals surface area contributed by atoms with E-state index in [1.807, 2.05) is 0 Å². The van der Waals surface area contributed by atoms with Crippen LogP contribution in [0.1, 0.15) is 19.3 Å². The number of carbonyl (C=O) groups is 2. The molecule has 1 unspecified atom stereocenters.